The van der Waals surface area contributed by atoms with Gasteiger partial charge in [0.25, 0.3) is 0 Å². The molecule has 2 aromatic rings. The zero-order valence-corrected chi connectivity index (χ0v) is 10.4. The summed E-state index contributed by atoms with van der Waals surface area (Å²) >= 11 is 0. The van der Waals surface area contributed by atoms with Crippen LogP contribution in [0.1, 0.15) is 5.56 Å². The molecule has 3 N–H and O–H groups in total. The maximum atomic E-state index is 12.0. The van der Waals surface area contributed by atoms with Crippen LogP contribution in [0.4, 0.5) is 14.5 Å². The van der Waals surface area contributed by atoms with E-state index < -0.39 is 6.61 Å². The van der Waals surface area contributed by atoms with Crippen molar-refractivity contribution in [2.45, 2.75) is 13.2 Å². The fraction of sp³-hybridized carbons (Fsp3) is 0.143. The second kappa shape index (κ2) is 6.10. The Labute approximate surface area is 114 Å². The number of phenolic OH excluding ortho intramolecular Hbond substituents is 2. The summed E-state index contributed by atoms with van der Waals surface area (Å²) in [6.07, 6.45) is 0. The Bertz CT molecular complexity index is 573. The molecule has 0 spiro atoms. The van der Waals surface area contributed by atoms with Crippen LogP contribution in [0.3, 0.4) is 0 Å². The van der Waals surface area contributed by atoms with Gasteiger partial charge in [0, 0.05) is 23.9 Å². The number of phenols is 2. The summed E-state index contributed by atoms with van der Waals surface area (Å²) in [5, 5.41) is 21.8. The monoisotopic (exact) mass is 281 g/mol. The van der Waals surface area contributed by atoms with Gasteiger partial charge >= 0.3 is 6.61 Å². The molecule has 0 amide bonds. The molecule has 0 aliphatic rings. The van der Waals surface area contributed by atoms with E-state index in [-0.39, 0.29) is 17.2 Å². The number of rotatable bonds is 5. The molecule has 4 nitrogen and oxygen atoms in total. The molecule has 0 unspecified atom stereocenters. The van der Waals surface area contributed by atoms with Crippen LogP contribution < -0.4 is 10.1 Å². The summed E-state index contributed by atoms with van der Waals surface area (Å²) in [4.78, 5) is 0. The molecule has 0 bridgehead atoms. The van der Waals surface area contributed by atoms with Gasteiger partial charge in [0.2, 0.25) is 0 Å². The zero-order valence-electron chi connectivity index (χ0n) is 10.4. The van der Waals surface area contributed by atoms with Crippen LogP contribution in [-0.2, 0) is 6.54 Å². The van der Waals surface area contributed by atoms with E-state index in [4.69, 9.17) is 5.11 Å². The van der Waals surface area contributed by atoms with E-state index >= 15 is 0 Å². The first kappa shape index (κ1) is 13.9. The van der Waals surface area contributed by atoms with Gasteiger partial charge in [0.15, 0.2) is 0 Å². The number of hydrogen-bond donors (Lipinski definition) is 3. The normalized spacial score (nSPS) is 10.6. The number of ether oxygens (including phenoxy) is 1. The Balaban J connectivity index is 1.96. The summed E-state index contributed by atoms with van der Waals surface area (Å²) in [5.74, 6) is 0.0490. The van der Waals surface area contributed by atoms with Gasteiger partial charge in [-0.15, -0.1) is 0 Å². The molecule has 0 heterocycles. The predicted octanol–water partition coefficient (Wildman–Crippen LogP) is 3.31. The molecule has 106 valence electrons. The molecule has 2 aromatic carbocycles. The Kier molecular flexibility index (Phi) is 4.24. The number of aromatic hydroxyl groups is 2. The van der Waals surface area contributed by atoms with E-state index in [1.807, 2.05) is 0 Å². The van der Waals surface area contributed by atoms with Crippen LogP contribution in [0.5, 0.6) is 17.2 Å². The van der Waals surface area contributed by atoms with Crippen LogP contribution in [0, 0.1) is 0 Å². The molecule has 2 rings (SSSR count). The van der Waals surface area contributed by atoms with Gasteiger partial charge in [-0.1, -0.05) is 0 Å². The third-order valence-electron chi connectivity index (χ3n) is 2.63. The van der Waals surface area contributed by atoms with Gasteiger partial charge in [-0.25, -0.2) is 0 Å². The molecule has 0 aliphatic carbocycles. The van der Waals surface area contributed by atoms with E-state index in [9.17, 15) is 13.9 Å². The molecule has 0 fully saturated rings. The minimum atomic E-state index is -2.84. The lowest BCUT2D eigenvalue weighted by molar-refractivity contribution is -0.0498. The lowest BCUT2D eigenvalue weighted by atomic mass is 10.2. The van der Waals surface area contributed by atoms with Crippen LogP contribution >= 0.6 is 0 Å². The smallest absolute Gasteiger partial charge is 0.387 e. The number of hydrogen-bond acceptors (Lipinski definition) is 4. The summed E-state index contributed by atoms with van der Waals surface area (Å²) in [7, 11) is 0. The highest BCUT2D eigenvalue weighted by Crippen LogP contribution is 2.24. The minimum absolute atomic E-state index is 0.0141. The topological polar surface area (TPSA) is 61.7 Å². The standard InChI is InChI=1S/C14H13F2NO3/c15-14(16)20-12-5-2-10(3-6-12)17-8-9-1-4-11(18)7-13(9)19/h1-7,14,17-19H,8H2. The van der Waals surface area contributed by atoms with Crippen molar-refractivity contribution < 1.29 is 23.7 Å². The number of nitrogens with one attached hydrogen (secondary N) is 1. The zero-order chi connectivity index (χ0) is 14.5. The van der Waals surface area contributed by atoms with E-state index in [1.165, 1.54) is 24.3 Å². The van der Waals surface area contributed by atoms with Gasteiger partial charge in [-0.05, 0) is 36.4 Å². The van der Waals surface area contributed by atoms with Gasteiger partial charge in [0.1, 0.15) is 17.2 Å². The highest BCUT2D eigenvalue weighted by molar-refractivity contribution is 5.48. The number of halogens is 2. The second-order valence-electron chi connectivity index (χ2n) is 4.07. The molecule has 20 heavy (non-hydrogen) atoms. The van der Waals surface area contributed by atoms with Crippen LogP contribution in [-0.4, -0.2) is 16.8 Å². The molecule has 6 heteroatoms. The van der Waals surface area contributed by atoms with Gasteiger partial charge < -0.3 is 20.3 Å². The van der Waals surface area contributed by atoms with E-state index in [1.54, 1.807) is 18.2 Å². The lowest BCUT2D eigenvalue weighted by Gasteiger charge is -2.09. The van der Waals surface area contributed by atoms with Crippen LogP contribution in [0.15, 0.2) is 42.5 Å². The quantitative estimate of drug-likeness (QED) is 0.787. The number of alkyl halides is 2. The number of benzene rings is 2. The van der Waals surface area contributed by atoms with Gasteiger partial charge in [-0.2, -0.15) is 8.78 Å². The van der Waals surface area contributed by atoms with Crippen LogP contribution in [0.2, 0.25) is 0 Å². The molecular formula is C14H13F2NO3. The van der Waals surface area contributed by atoms with Crippen molar-refractivity contribution in [1.29, 1.82) is 0 Å². The molecule has 0 atom stereocenters. The Morgan fingerprint density at radius 3 is 2.35 bits per heavy atom. The molecular weight excluding hydrogens is 268 g/mol. The lowest BCUT2D eigenvalue weighted by Crippen LogP contribution is -2.02. The molecule has 0 saturated heterocycles. The third kappa shape index (κ3) is 3.74. The highest BCUT2D eigenvalue weighted by Gasteiger charge is 2.05. The Hall–Kier alpha value is -2.50. The minimum Gasteiger partial charge on any atom is -0.508 e. The fourth-order valence-corrected chi connectivity index (χ4v) is 1.65. The fourth-order valence-electron chi connectivity index (χ4n) is 1.65. The third-order valence-corrected chi connectivity index (χ3v) is 2.63. The van der Waals surface area contributed by atoms with Crippen molar-refractivity contribution in [2.24, 2.45) is 0 Å². The van der Waals surface area contributed by atoms with Crippen LogP contribution in [0.25, 0.3) is 0 Å². The van der Waals surface area contributed by atoms with E-state index in [2.05, 4.69) is 10.1 Å². The molecule has 0 radical (unpaired) electrons. The van der Waals surface area contributed by atoms with Crippen molar-refractivity contribution in [2.75, 3.05) is 5.32 Å². The second-order valence-corrected chi connectivity index (χ2v) is 4.07. The van der Waals surface area contributed by atoms with E-state index in [0.29, 0.717) is 17.8 Å². The number of anilines is 1. The maximum Gasteiger partial charge on any atom is 0.387 e. The average Bonchev–Trinajstić information content (AvgIpc) is 2.39. The highest BCUT2D eigenvalue weighted by atomic mass is 19.3. The van der Waals surface area contributed by atoms with Crippen molar-refractivity contribution >= 4 is 5.69 Å². The van der Waals surface area contributed by atoms with Crippen molar-refractivity contribution in [1.82, 2.24) is 0 Å². The predicted molar refractivity (Wildman–Crippen MR) is 70.2 cm³/mol. The summed E-state index contributed by atoms with van der Waals surface area (Å²) in [5.41, 5.74) is 1.30. The first-order valence-electron chi connectivity index (χ1n) is 5.84. The Morgan fingerprint density at radius 1 is 1.05 bits per heavy atom. The summed E-state index contributed by atoms with van der Waals surface area (Å²) in [6.45, 7) is -2.51. The summed E-state index contributed by atoms with van der Waals surface area (Å²) in [6, 6.07) is 10.3. The van der Waals surface area contributed by atoms with Crippen molar-refractivity contribution in [3.05, 3.63) is 48.0 Å². The Morgan fingerprint density at radius 2 is 1.75 bits per heavy atom. The average molecular weight is 281 g/mol. The first-order valence-corrected chi connectivity index (χ1v) is 5.84. The van der Waals surface area contributed by atoms with Gasteiger partial charge in [0.05, 0.1) is 0 Å². The molecule has 0 aliphatic heterocycles. The van der Waals surface area contributed by atoms with Crippen molar-refractivity contribution in [3.8, 4) is 17.2 Å². The van der Waals surface area contributed by atoms with E-state index in [0.717, 1.165) is 0 Å². The summed E-state index contributed by atoms with van der Waals surface area (Å²) < 4.78 is 28.2. The molecule has 0 saturated carbocycles. The largest absolute Gasteiger partial charge is 0.508 e. The SMILES string of the molecule is Oc1ccc(CNc2ccc(OC(F)F)cc2)c(O)c1. The molecule has 0 aromatic heterocycles. The van der Waals surface area contributed by atoms with Gasteiger partial charge in [-0.3, -0.25) is 0 Å². The maximum absolute atomic E-state index is 12.0. The van der Waals surface area contributed by atoms with Crippen molar-refractivity contribution in [3.63, 3.8) is 0 Å². The first-order chi connectivity index (χ1) is 9.54.